The van der Waals surface area contributed by atoms with Crippen LogP contribution < -0.4 is 0 Å². The molecule has 3 rings (SSSR count). The Morgan fingerprint density at radius 1 is 1.29 bits per heavy atom. The molecule has 1 aliphatic rings. The molecule has 2 aromatic rings. The summed E-state index contributed by atoms with van der Waals surface area (Å²) in [6.45, 7) is 6.87. The summed E-state index contributed by atoms with van der Waals surface area (Å²) in [5, 5.41) is 3.96. The van der Waals surface area contributed by atoms with E-state index < -0.39 is 0 Å². The summed E-state index contributed by atoms with van der Waals surface area (Å²) in [5.41, 5.74) is 1.23. The van der Waals surface area contributed by atoms with E-state index in [1.165, 1.54) is 6.07 Å². The van der Waals surface area contributed by atoms with Crippen LogP contribution in [0.25, 0.3) is 11.4 Å². The Morgan fingerprint density at radius 2 is 2.05 bits per heavy atom. The largest absolute Gasteiger partial charge is 0.379 e. The van der Waals surface area contributed by atoms with Crippen molar-refractivity contribution in [2.45, 2.75) is 19.9 Å². The second kappa shape index (κ2) is 5.91. The van der Waals surface area contributed by atoms with Gasteiger partial charge < -0.3 is 9.26 Å². The summed E-state index contributed by atoms with van der Waals surface area (Å²) in [6.07, 6.45) is 0. The highest BCUT2D eigenvalue weighted by Gasteiger charge is 2.23. The monoisotopic (exact) mass is 291 g/mol. The first-order valence-corrected chi connectivity index (χ1v) is 7.07. The fourth-order valence-corrected chi connectivity index (χ4v) is 2.38. The maximum Gasteiger partial charge on any atom is 0.244 e. The van der Waals surface area contributed by atoms with Gasteiger partial charge in [0.15, 0.2) is 0 Å². The number of hydrogen-bond acceptors (Lipinski definition) is 5. The Balaban J connectivity index is 1.80. The summed E-state index contributed by atoms with van der Waals surface area (Å²) < 4.78 is 24.3. The normalized spacial score (nSPS) is 17.9. The van der Waals surface area contributed by atoms with E-state index in [-0.39, 0.29) is 11.9 Å². The summed E-state index contributed by atoms with van der Waals surface area (Å²) in [5.74, 6) is 0.706. The van der Waals surface area contributed by atoms with Crippen molar-refractivity contribution >= 4 is 0 Å². The minimum absolute atomic E-state index is 0.0328. The molecule has 0 amide bonds. The van der Waals surface area contributed by atoms with Crippen LogP contribution in [0.2, 0.25) is 0 Å². The van der Waals surface area contributed by atoms with E-state index in [9.17, 15) is 4.39 Å². The molecule has 2 heterocycles. The Kier molecular flexibility index (Phi) is 3.98. The predicted octanol–water partition coefficient (Wildman–Crippen LogP) is 2.58. The van der Waals surface area contributed by atoms with E-state index in [1.54, 1.807) is 19.1 Å². The molecule has 1 fully saturated rings. The van der Waals surface area contributed by atoms with Gasteiger partial charge >= 0.3 is 0 Å². The van der Waals surface area contributed by atoms with Crippen LogP contribution in [-0.2, 0) is 4.74 Å². The first-order chi connectivity index (χ1) is 10.1. The predicted molar refractivity (Wildman–Crippen MR) is 75.2 cm³/mol. The molecular formula is C15H18FN3O2. The lowest BCUT2D eigenvalue weighted by Gasteiger charge is -2.29. The van der Waals surface area contributed by atoms with E-state index in [0.717, 1.165) is 13.1 Å². The molecule has 0 bridgehead atoms. The van der Waals surface area contributed by atoms with E-state index in [1.807, 2.05) is 6.92 Å². The molecule has 0 aliphatic carbocycles. The van der Waals surface area contributed by atoms with Gasteiger partial charge in [0.25, 0.3) is 0 Å². The van der Waals surface area contributed by atoms with Gasteiger partial charge in [-0.1, -0.05) is 17.3 Å². The summed E-state index contributed by atoms with van der Waals surface area (Å²) in [7, 11) is 0. The van der Waals surface area contributed by atoms with E-state index >= 15 is 0 Å². The van der Waals surface area contributed by atoms with Gasteiger partial charge in [0.05, 0.1) is 19.3 Å². The van der Waals surface area contributed by atoms with Crippen LogP contribution in [-0.4, -0.2) is 41.3 Å². The molecule has 5 nitrogen and oxygen atoms in total. The van der Waals surface area contributed by atoms with Gasteiger partial charge in [-0.3, -0.25) is 4.90 Å². The highest BCUT2D eigenvalue weighted by molar-refractivity contribution is 5.54. The molecule has 1 atom stereocenters. The fourth-order valence-electron chi connectivity index (χ4n) is 2.38. The van der Waals surface area contributed by atoms with Crippen LogP contribution >= 0.6 is 0 Å². The number of ether oxygens (including phenoxy) is 1. The van der Waals surface area contributed by atoms with Crippen molar-refractivity contribution in [3.63, 3.8) is 0 Å². The van der Waals surface area contributed by atoms with Crippen LogP contribution in [0.3, 0.4) is 0 Å². The molecule has 0 N–H and O–H groups in total. The van der Waals surface area contributed by atoms with Crippen LogP contribution in [0.5, 0.6) is 0 Å². The smallest absolute Gasteiger partial charge is 0.244 e. The zero-order valence-electron chi connectivity index (χ0n) is 12.2. The minimum Gasteiger partial charge on any atom is -0.379 e. The molecule has 1 saturated heterocycles. The number of aryl methyl sites for hydroxylation is 1. The number of rotatable bonds is 3. The number of benzene rings is 1. The number of halogens is 1. The molecule has 0 spiro atoms. The Morgan fingerprint density at radius 3 is 2.76 bits per heavy atom. The highest BCUT2D eigenvalue weighted by Crippen LogP contribution is 2.24. The van der Waals surface area contributed by atoms with Gasteiger partial charge in [0.2, 0.25) is 11.7 Å². The van der Waals surface area contributed by atoms with E-state index in [0.29, 0.717) is 36.1 Å². The van der Waals surface area contributed by atoms with Crippen molar-refractivity contribution in [3.8, 4) is 11.4 Å². The standard InChI is InChI=1S/C15H18FN3O2/c1-10-3-4-12(9-13(10)16)14-17-15(21-18-14)11(2)19-5-7-20-8-6-19/h3-4,9,11H,5-8H2,1-2H3/t11-/m1/s1. The zero-order valence-corrected chi connectivity index (χ0v) is 12.2. The summed E-state index contributed by atoms with van der Waals surface area (Å²) in [6, 6.07) is 4.98. The number of morpholine rings is 1. The molecule has 6 heteroatoms. The second-order valence-electron chi connectivity index (χ2n) is 5.24. The summed E-state index contributed by atoms with van der Waals surface area (Å²) >= 11 is 0. The molecule has 21 heavy (non-hydrogen) atoms. The number of hydrogen-bond donors (Lipinski definition) is 0. The average Bonchev–Trinajstić information content (AvgIpc) is 3.00. The first kappa shape index (κ1) is 14.2. The molecule has 0 unspecified atom stereocenters. The van der Waals surface area contributed by atoms with Gasteiger partial charge in [-0.2, -0.15) is 4.98 Å². The average molecular weight is 291 g/mol. The number of nitrogens with zero attached hydrogens (tertiary/aromatic N) is 3. The fraction of sp³-hybridized carbons (Fsp3) is 0.467. The molecule has 0 saturated carbocycles. The van der Waals surface area contributed by atoms with Crippen molar-refractivity contribution in [2.75, 3.05) is 26.3 Å². The molecule has 112 valence electrons. The van der Waals surface area contributed by atoms with Crippen LogP contribution in [0.1, 0.15) is 24.4 Å². The SMILES string of the molecule is Cc1ccc(-c2noc([C@@H](C)N3CCOCC3)n2)cc1F. The van der Waals surface area contributed by atoms with E-state index in [4.69, 9.17) is 9.26 Å². The lowest BCUT2D eigenvalue weighted by atomic mass is 10.1. The van der Waals surface area contributed by atoms with Crippen LogP contribution in [0.4, 0.5) is 4.39 Å². The van der Waals surface area contributed by atoms with Gasteiger partial charge in [-0.25, -0.2) is 4.39 Å². The molecule has 1 aromatic carbocycles. The first-order valence-electron chi connectivity index (χ1n) is 7.07. The lowest BCUT2D eigenvalue weighted by molar-refractivity contribution is 0.0134. The van der Waals surface area contributed by atoms with Gasteiger partial charge in [-0.15, -0.1) is 0 Å². The Bertz CT molecular complexity index is 623. The number of aromatic nitrogens is 2. The van der Waals surface area contributed by atoms with Crippen molar-refractivity contribution in [3.05, 3.63) is 35.5 Å². The van der Waals surface area contributed by atoms with Crippen molar-refractivity contribution in [2.24, 2.45) is 0 Å². The highest BCUT2D eigenvalue weighted by atomic mass is 19.1. The maximum atomic E-state index is 13.6. The van der Waals surface area contributed by atoms with Crippen molar-refractivity contribution < 1.29 is 13.7 Å². The van der Waals surface area contributed by atoms with Gasteiger partial charge in [0, 0.05) is 18.7 Å². The second-order valence-corrected chi connectivity index (χ2v) is 5.24. The van der Waals surface area contributed by atoms with Crippen molar-refractivity contribution in [1.29, 1.82) is 0 Å². The molecule has 1 aliphatic heterocycles. The third kappa shape index (κ3) is 2.96. The third-order valence-corrected chi connectivity index (χ3v) is 3.82. The van der Waals surface area contributed by atoms with Crippen molar-refractivity contribution in [1.82, 2.24) is 15.0 Å². The van der Waals surface area contributed by atoms with Crippen LogP contribution in [0, 0.1) is 12.7 Å². The van der Waals surface area contributed by atoms with Gasteiger partial charge in [0.1, 0.15) is 5.82 Å². The molecule has 1 aromatic heterocycles. The molecule has 0 radical (unpaired) electrons. The topological polar surface area (TPSA) is 51.4 Å². The minimum atomic E-state index is -0.264. The quantitative estimate of drug-likeness (QED) is 0.870. The zero-order chi connectivity index (χ0) is 14.8. The maximum absolute atomic E-state index is 13.6. The van der Waals surface area contributed by atoms with Crippen LogP contribution in [0.15, 0.2) is 22.7 Å². The Labute approximate surface area is 122 Å². The summed E-state index contributed by atoms with van der Waals surface area (Å²) in [4.78, 5) is 6.63. The third-order valence-electron chi connectivity index (χ3n) is 3.82. The Hall–Kier alpha value is -1.79. The lowest BCUT2D eigenvalue weighted by Crippen LogP contribution is -2.38. The molecular weight excluding hydrogens is 273 g/mol. The van der Waals surface area contributed by atoms with E-state index in [2.05, 4.69) is 15.0 Å². The van der Waals surface area contributed by atoms with Gasteiger partial charge in [-0.05, 0) is 25.5 Å².